The van der Waals surface area contributed by atoms with Gasteiger partial charge < -0.3 is 10.0 Å². The van der Waals surface area contributed by atoms with Crippen molar-refractivity contribution >= 4 is 22.5 Å². The maximum absolute atomic E-state index is 15.0. The molecule has 0 bridgehead atoms. The van der Waals surface area contributed by atoms with Crippen molar-refractivity contribution in [2.75, 3.05) is 26.7 Å². The van der Waals surface area contributed by atoms with Crippen LogP contribution in [0, 0.1) is 17.3 Å². The standard InChI is InChI=1S/C20H24ClFN4O/c1-25-9-7-20(22,8-10-25)6-3-16-15-12-23-18(21)11-17(15)26(24-16)13-19(14-27)4-2-5-19/h11-12,27H,2,4-5,7-10,13-14H2,1H3. The molecular weight excluding hydrogens is 367 g/mol. The minimum absolute atomic E-state index is 0.130. The van der Waals surface area contributed by atoms with E-state index >= 15 is 0 Å². The Morgan fingerprint density at radius 3 is 2.67 bits per heavy atom. The van der Waals surface area contributed by atoms with Gasteiger partial charge in [0.15, 0.2) is 5.67 Å². The van der Waals surface area contributed by atoms with E-state index in [1.165, 1.54) is 0 Å². The molecule has 3 heterocycles. The van der Waals surface area contributed by atoms with E-state index < -0.39 is 5.67 Å². The molecule has 5 nitrogen and oxygen atoms in total. The molecule has 1 aliphatic heterocycles. The molecule has 144 valence electrons. The van der Waals surface area contributed by atoms with Crippen LogP contribution < -0.4 is 0 Å². The molecule has 1 aliphatic carbocycles. The second-order valence-electron chi connectivity index (χ2n) is 8.06. The summed E-state index contributed by atoms with van der Waals surface area (Å²) in [6.07, 6.45) is 5.54. The Balaban J connectivity index is 1.69. The van der Waals surface area contributed by atoms with Crippen molar-refractivity contribution < 1.29 is 9.50 Å². The van der Waals surface area contributed by atoms with Gasteiger partial charge in [-0.15, -0.1) is 0 Å². The maximum Gasteiger partial charge on any atom is 0.173 e. The summed E-state index contributed by atoms with van der Waals surface area (Å²) in [4.78, 5) is 6.26. The van der Waals surface area contributed by atoms with E-state index in [2.05, 4.69) is 26.8 Å². The minimum atomic E-state index is -1.47. The second kappa shape index (κ2) is 7.05. The molecule has 7 heteroatoms. The lowest BCUT2D eigenvalue weighted by Gasteiger charge is -2.40. The molecule has 1 saturated heterocycles. The molecule has 2 aliphatic rings. The Morgan fingerprint density at radius 1 is 1.30 bits per heavy atom. The van der Waals surface area contributed by atoms with E-state index in [-0.39, 0.29) is 12.0 Å². The number of nitrogens with zero attached hydrogens (tertiary/aromatic N) is 4. The van der Waals surface area contributed by atoms with Crippen LogP contribution in [0.2, 0.25) is 5.15 Å². The first-order valence-electron chi connectivity index (χ1n) is 9.46. The van der Waals surface area contributed by atoms with E-state index in [1.807, 2.05) is 11.7 Å². The van der Waals surface area contributed by atoms with Crippen LogP contribution in [0.5, 0.6) is 0 Å². The summed E-state index contributed by atoms with van der Waals surface area (Å²) in [6.45, 7) is 2.15. The molecule has 0 spiro atoms. The predicted octanol–water partition coefficient (Wildman–Crippen LogP) is 3.03. The van der Waals surface area contributed by atoms with Gasteiger partial charge in [-0.2, -0.15) is 5.10 Å². The highest BCUT2D eigenvalue weighted by Gasteiger charge is 2.37. The Bertz CT molecular complexity index is 898. The number of likely N-dealkylation sites (tertiary alicyclic amines) is 1. The number of aromatic nitrogens is 3. The van der Waals surface area contributed by atoms with Crippen LogP contribution in [0.3, 0.4) is 0 Å². The van der Waals surface area contributed by atoms with Gasteiger partial charge in [-0.1, -0.05) is 23.9 Å². The highest BCUT2D eigenvalue weighted by Crippen LogP contribution is 2.42. The van der Waals surface area contributed by atoms with Gasteiger partial charge in [-0.05, 0) is 25.8 Å². The number of fused-ring (bicyclic) bond motifs is 1. The smallest absolute Gasteiger partial charge is 0.173 e. The third-order valence-corrected chi connectivity index (χ3v) is 6.23. The maximum atomic E-state index is 15.0. The van der Waals surface area contributed by atoms with Gasteiger partial charge in [0, 0.05) is 50.2 Å². The molecule has 2 aromatic rings. The average Bonchev–Trinajstić information content (AvgIpc) is 2.96. The van der Waals surface area contributed by atoms with Crippen molar-refractivity contribution in [1.29, 1.82) is 0 Å². The van der Waals surface area contributed by atoms with Gasteiger partial charge >= 0.3 is 0 Å². The van der Waals surface area contributed by atoms with E-state index in [0.29, 0.717) is 43.3 Å². The summed E-state index contributed by atoms with van der Waals surface area (Å²) in [5, 5.41) is 15.6. The Hall–Kier alpha value is -1.68. The summed E-state index contributed by atoms with van der Waals surface area (Å²) in [6, 6.07) is 1.76. The molecule has 4 rings (SSSR count). The van der Waals surface area contributed by atoms with Crippen molar-refractivity contribution in [2.24, 2.45) is 5.41 Å². The van der Waals surface area contributed by atoms with Gasteiger partial charge in [0.25, 0.3) is 0 Å². The van der Waals surface area contributed by atoms with Crippen molar-refractivity contribution in [3.8, 4) is 11.8 Å². The Kier molecular flexibility index (Phi) is 4.87. The number of pyridine rings is 1. The molecule has 1 saturated carbocycles. The molecule has 27 heavy (non-hydrogen) atoms. The number of alkyl halides is 1. The molecular formula is C20H24ClFN4O. The number of rotatable bonds is 3. The number of aliphatic hydroxyl groups is 1. The molecule has 2 aromatic heterocycles. The Labute approximate surface area is 163 Å². The normalized spacial score (nSPS) is 21.5. The number of hydrogen-bond acceptors (Lipinski definition) is 4. The fraction of sp³-hybridized carbons (Fsp3) is 0.600. The average molecular weight is 391 g/mol. The zero-order chi connectivity index (χ0) is 19.1. The van der Waals surface area contributed by atoms with Crippen LogP contribution in [0.25, 0.3) is 10.9 Å². The van der Waals surface area contributed by atoms with Crippen molar-refractivity contribution in [3.05, 3.63) is 23.1 Å². The summed E-state index contributed by atoms with van der Waals surface area (Å²) in [7, 11) is 2.00. The molecule has 0 unspecified atom stereocenters. The SMILES string of the molecule is CN1CCC(F)(C#Cc2nn(CC3(CO)CCC3)c3cc(Cl)ncc23)CC1. The fourth-order valence-corrected chi connectivity index (χ4v) is 4.04. The lowest BCUT2D eigenvalue weighted by molar-refractivity contribution is 0.0255. The zero-order valence-corrected chi connectivity index (χ0v) is 16.3. The number of hydrogen-bond donors (Lipinski definition) is 1. The van der Waals surface area contributed by atoms with Gasteiger partial charge in [-0.25, -0.2) is 9.37 Å². The summed E-state index contributed by atoms with van der Waals surface area (Å²) in [5.41, 5.74) is -0.245. The molecule has 1 N–H and O–H groups in total. The summed E-state index contributed by atoms with van der Waals surface area (Å²) in [5.74, 6) is 5.80. The predicted molar refractivity (Wildman–Crippen MR) is 103 cm³/mol. The van der Waals surface area contributed by atoms with Gasteiger partial charge in [0.05, 0.1) is 17.5 Å². The molecule has 0 amide bonds. The molecule has 0 radical (unpaired) electrons. The number of aliphatic hydroxyl groups excluding tert-OH is 1. The van der Waals surface area contributed by atoms with Gasteiger partial charge in [0.2, 0.25) is 0 Å². The summed E-state index contributed by atoms with van der Waals surface area (Å²) < 4.78 is 16.8. The minimum Gasteiger partial charge on any atom is -0.396 e. The van der Waals surface area contributed by atoms with Crippen LogP contribution in [0.15, 0.2) is 12.3 Å². The number of piperidine rings is 1. The van der Waals surface area contributed by atoms with Gasteiger partial charge in [0.1, 0.15) is 10.8 Å². The first kappa shape index (κ1) is 18.7. The molecule has 0 atom stereocenters. The van der Waals surface area contributed by atoms with Crippen LogP contribution in [-0.2, 0) is 6.54 Å². The first-order chi connectivity index (χ1) is 12.9. The van der Waals surface area contributed by atoms with Gasteiger partial charge in [-0.3, -0.25) is 4.68 Å². The van der Waals surface area contributed by atoms with E-state index in [0.717, 1.165) is 30.2 Å². The van der Waals surface area contributed by atoms with E-state index in [1.54, 1.807) is 12.3 Å². The largest absolute Gasteiger partial charge is 0.396 e. The fourth-order valence-electron chi connectivity index (χ4n) is 3.89. The molecule has 0 aromatic carbocycles. The third kappa shape index (κ3) is 3.69. The second-order valence-corrected chi connectivity index (χ2v) is 8.45. The quantitative estimate of drug-likeness (QED) is 0.646. The molecule has 2 fully saturated rings. The van der Waals surface area contributed by atoms with Crippen LogP contribution in [0.1, 0.15) is 37.8 Å². The number of halogens is 2. The van der Waals surface area contributed by atoms with Crippen molar-refractivity contribution in [2.45, 2.75) is 44.3 Å². The van der Waals surface area contributed by atoms with E-state index in [9.17, 15) is 9.50 Å². The third-order valence-electron chi connectivity index (χ3n) is 6.02. The first-order valence-corrected chi connectivity index (χ1v) is 9.83. The monoisotopic (exact) mass is 390 g/mol. The summed E-state index contributed by atoms with van der Waals surface area (Å²) >= 11 is 6.09. The van der Waals surface area contributed by atoms with Crippen molar-refractivity contribution in [1.82, 2.24) is 19.7 Å². The van der Waals surface area contributed by atoms with E-state index in [4.69, 9.17) is 11.6 Å². The highest BCUT2D eigenvalue weighted by atomic mass is 35.5. The lowest BCUT2D eigenvalue weighted by Crippen LogP contribution is -2.38. The lowest BCUT2D eigenvalue weighted by atomic mass is 9.69. The Morgan fingerprint density at radius 2 is 2.04 bits per heavy atom. The van der Waals surface area contributed by atoms with Crippen molar-refractivity contribution in [3.63, 3.8) is 0 Å². The topological polar surface area (TPSA) is 54.2 Å². The van der Waals surface area contributed by atoms with Crippen LogP contribution >= 0.6 is 11.6 Å². The van der Waals surface area contributed by atoms with Crippen LogP contribution in [0.4, 0.5) is 4.39 Å². The van der Waals surface area contributed by atoms with Crippen LogP contribution in [-0.4, -0.2) is 57.2 Å². The highest BCUT2D eigenvalue weighted by molar-refractivity contribution is 6.30. The zero-order valence-electron chi connectivity index (χ0n) is 15.5.